The van der Waals surface area contributed by atoms with Crippen LogP contribution >= 0.6 is 23.2 Å². The van der Waals surface area contributed by atoms with Crippen LogP contribution in [-0.4, -0.2) is 25.5 Å². The highest BCUT2D eigenvalue weighted by Gasteiger charge is 2.28. The lowest BCUT2D eigenvalue weighted by atomic mass is 10.3. The Morgan fingerprint density at radius 3 is 2.11 bits per heavy atom. The molecule has 0 heterocycles. The van der Waals surface area contributed by atoms with E-state index < -0.39 is 20.4 Å². The number of hydrogen-bond donors (Lipinski definition) is 1. The van der Waals surface area contributed by atoms with E-state index in [2.05, 4.69) is 5.32 Å². The lowest BCUT2D eigenvalue weighted by molar-refractivity contribution is 0.560. The van der Waals surface area contributed by atoms with Gasteiger partial charge in [-0.2, -0.15) is 0 Å². The molecule has 0 saturated heterocycles. The predicted octanol–water partition coefficient (Wildman–Crippen LogP) is 3.76. The molecule has 0 aliphatic rings. The summed E-state index contributed by atoms with van der Waals surface area (Å²) in [4.78, 5) is 0. The van der Waals surface area contributed by atoms with Crippen LogP contribution in [0, 0.1) is 5.82 Å². The summed E-state index contributed by atoms with van der Waals surface area (Å²) in [5.41, 5.74) is 0.487. The SMILES string of the molecule is CC(C)(C)S(=O)(=O)CCNc1cc(Cl)c(F)c(Cl)c1. The monoisotopic (exact) mass is 327 g/mol. The second-order valence-electron chi connectivity index (χ2n) is 5.11. The van der Waals surface area contributed by atoms with E-state index in [9.17, 15) is 12.8 Å². The van der Waals surface area contributed by atoms with Gasteiger partial charge in [0.15, 0.2) is 15.7 Å². The molecule has 3 nitrogen and oxygen atoms in total. The third kappa shape index (κ3) is 4.23. The van der Waals surface area contributed by atoms with E-state index in [1.54, 1.807) is 20.8 Å². The number of hydrogen-bond acceptors (Lipinski definition) is 3. The molecule has 0 atom stereocenters. The number of rotatable bonds is 4. The summed E-state index contributed by atoms with van der Waals surface area (Å²) >= 11 is 11.3. The minimum absolute atomic E-state index is 0.0247. The maximum atomic E-state index is 13.2. The first kappa shape index (κ1) is 16.5. The first-order chi connectivity index (χ1) is 8.54. The summed E-state index contributed by atoms with van der Waals surface area (Å²) in [5, 5.41) is 2.66. The second kappa shape index (κ2) is 5.85. The molecule has 0 aliphatic carbocycles. The highest BCUT2D eigenvalue weighted by atomic mass is 35.5. The number of sulfone groups is 1. The number of anilines is 1. The van der Waals surface area contributed by atoms with Gasteiger partial charge in [0.25, 0.3) is 0 Å². The van der Waals surface area contributed by atoms with Crippen LogP contribution in [0.25, 0.3) is 0 Å². The fourth-order valence-electron chi connectivity index (χ4n) is 1.29. The van der Waals surface area contributed by atoms with E-state index in [1.807, 2.05) is 0 Å². The van der Waals surface area contributed by atoms with Crippen LogP contribution in [0.15, 0.2) is 12.1 Å². The van der Waals surface area contributed by atoms with Crippen LogP contribution in [0.5, 0.6) is 0 Å². The highest BCUT2D eigenvalue weighted by Crippen LogP contribution is 2.27. The molecule has 0 amide bonds. The van der Waals surface area contributed by atoms with Gasteiger partial charge in [0.1, 0.15) is 0 Å². The third-order valence-electron chi connectivity index (χ3n) is 2.62. The Labute approximate surface area is 123 Å². The van der Waals surface area contributed by atoms with Crippen LogP contribution in [0.2, 0.25) is 10.0 Å². The Bertz CT molecular complexity index is 545. The van der Waals surface area contributed by atoms with Gasteiger partial charge in [0.05, 0.1) is 20.5 Å². The minimum atomic E-state index is -3.20. The maximum Gasteiger partial charge on any atom is 0.160 e. The lowest BCUT2D eigenvalue weighted by Crippen LogP contribution is -2.32. The Morgan fingerprint density at radius 1 is 1.21 bits per heavy atom. The van der Waals surface area contributed by atoms with Gasteiger partial charge in [0.2, 0.25) is 0 Å². The van der Waals surface area contributed by atoms with Crippen molar-refractivity contribution in [2.75, 3.05) is 17.6 Å². The van der Waals surface area contributed by atoms with E-state index in [4.69, 9.17) is 23.2 Å². The molecule has 0 spiro atoms. The lowest BCUT2D eigenvalue weighted by Gasteiger charge is -2.19. The van der Waals surface area contributed by atoms with Gasteiger partial charge in [-0.25, -0.2) is 12.8 Å². The van der Waals surface area contributed by atoms with E-state index in [0.717, 1.165) is 0 Å². The molecule has 0 aromatic heterocycles. The van der Waals surface area contributed by atoms with Gasteiger partial charge in [-0.15, -0.1) is 0 Å². The highest BCUT2D eigenvalue weighted by molar-refractivity contribution is 7.92. The number of nitrogens with one attached hydrogen (secondary N) is 1. The first-order valence-electron chi connectivity index (χ1n) is 5.65. The van der Waals surface area contributed by atoms with Crippen molar-refractivity contribution in [2.45, 2.75) is 25.5 Å². The molecule has 0 unspecified atom stereocenters. The first-order valence-corrected chi connectivity index (χ1v) is 8.06. The molecule has 0 saturated carbocycles. The van der Waals surface area contributed by atoms with Gasteiger partial charge in [-0.05, 0) is 32.9 Å². The molecule has 0 aliphatic heterocycles. The van der Waals surface area contributed by atoms with E-state index in [-0.39, 0.29) is 22.3 Å². The summed E-state index contributed by atoms with van der Waals surface area (Å²) in [7, 11) is -3.20. The quantitative estimate of drug-likeness (QED) is 0.856. The van der Waals surface area contributed by atoms with Crippen molar-refractivity contribution in [3.8, 4) is 0 Å². The van der Waals surface area contributed by atoms with Crippen molar-refractivity contribution in [1.29, 1.82) is 0 Å². The van der Waals surface area contributed by atoms with E-state index in [1.165, 1.54) is 12.1 Å². The number of benzene rings is 1. The molecule has 0 bridgehead atoms. The fraction of sp³-hybridized carbons (Fsp3) is 0.500. The van der Waals surface area contributed by atoms with Gasteiger partial charge in [0, 0.05) is 12.2 Å². The molecule has 1 rings (SSSR count). The zero-order chi connectivity index (χ0) is 14.8. The summed E-state index contributed by atoms with van der Waals surface area (Å²) in [6.45, 7) is 5.15. The second-order valence-corrected chi connectivity index (χ2v) is 8.79. The largest absolute Gasteiger partial charge is 0.384 e. The molecule has 19 heavy (non-hydrogen) atoms. The smallest absolute Gasteiger partial charge is 0.160 e. The molecule has 1 aromatic rings. The van der Waals surface area contributed by atoms with Crippen LogP contribution in [0.1, 0.15) is 20.8 Å². The average Bonchev–Trinajstić information content (AvgIpc) is 2.24. The standard InChI is InChI=1S/C12H16Cl2FNO2S/c1-12(2,3)19(17,18)5-4-16-8-6-9(13)11(15)10(14)7-8/h6-7,16H,4-5H2,1-3H3. The molecule has 1 aromatic carbocycles. The molecule has 7 heteroatoms. The summed E-state index contributed by atoms with van der Waals surface area (Å²) < 4.78 is 36.1. The van der Waals surface area contributed by atoms with Crippen LogP contribution in [-0.2, 0) is 9.84 Å². The van der Waals surface area contributed by atoms with Gasteiger partial charge in [-0.1, -0.05) is 23.2 Å². The van der Waals surface area contributed by atoms with Crippen molar-refractivity contribution in [1.82, 2.24) is 0 Å². The van der Waals surface area contributed by atoms with Crippen LogP contribution in [0.4, 0.5) is 10.1 Å². The Balaban J connectivity index is 2.70. The van der Waals surface area contributed by atoms with Crippen molar-refractivity contribution >= 4 is 38.7 Å². The van der Waals surface area contributed by atoms with Crippen molar-refractivity contribution in [3.05, 3.63) is 28.0 Å². The molecule has 108 valence electrons. The van der Waals surface area contributed by atoms with Crippen LogP contribution < -0.4 is 5.32 Å². The average molecular weight is 328 g/mol. The van der Waals surface area contributed by atoms with Crippen molar-refractivity contribution in [2.24, 2.45) is 0 Å². The maximum absolute atomic E-state index is 13.2. The van der Waals surface area contributed by atoms with E-state index >= 15 is 0 Å². The molecule has 1 N–H and O–H groups in total. The number of halogens is 3. The van der Waals surface area contributed by atoms with Gasteiger partial charge < -0.3 is 5.32 Å². The Morgan fingerprint density at radius 2 is 1.68 bits per heavy atom. The minimum Gasteiger partial charge on any atom is -0.384 e. The zero-order valence-electron chi connectivity index (χ0n) is 10.9. The van der Waals surface area contributed by atoms with Crippen molar-refractivity contribution in [3.63, 3.8) is 0 Å². The Kier molecular flexibility index (Phi) is 5.09. The summed E-state index contributed by atoms with van der Waals surface area (Å²) in [6, 6.07) is 2.74. The molecule has 0 fully saturated rings. The molecule has 0 radical (unpaired) electrons. The summed E-state index contributed by atoms with van der Waals surface area (Å²) in [6.07, 6.45) is 0. The predicted molar refractivity (Wildman–Crippen MR) is 78.4 cm³/mol. The van der Waals surface area contributed by atoms with Crippen LogP contribution in [0.3, 0.4) is 0 Å². The normalized spacial score (nSPS) is 12.5. The molecular formula is C12H16Cl2FNO2S. The van der Waals surface area contributed by atoms with Crippen molar-refractivity contribution < 1.29 is 12.8 Å². The Hall–Kier alpha value is -0.520. The third-order valence-corrected chi connectivity index (χ3v) is 5.77. The topological polar surface area (TPSA) is 46.2 Å². The van der Waals surface area contributed by atoms with Gasteiger partial charge in [-0.3, -0.25) is 0 Å². The fourth-order valence-corrected chi connectivity index (χ4v) is 2.76. The summed E-state index contributed by atoms with van der Waals surface area (Å²) in [5.74, 6) is -0.709. The van der Waals surface area contributed by atoms with E-state index in [0.29, 0.717) is 5.69 Å². The molecular weight excluding hydrogens is 312 g/mol. The van der Waals surface area contributed by atoms with Gasteiger partial charge >= 0.3 is 0 Å². The zero-order valence-corrected chi connectivity index (χ0v) is 13.3.